The van der Waals surface area contributed by atoms with Crippen LogP contribution in [-0.2, 0) is 11.3 Å². The van der Waals surface area contributed by atoms with Crippen LogP contribution in [-0.4, -0.2) is 29.1 Å². The van der Waals surface area contributed by atoms with E-state index in [1.165, 1.54) is 11.3 Å². The molecule has 2 N–H and O–H groups in total. The summed E-state index contributed by atoms with van der Waals surface area (Å²) in [5, 5.41) is 14.3. The SMILES string of the molecule is COCc1nnc(C(=O)Nc2ccc(C(=O)N[C@H](C)c3ccccc3)cc2)s1. The van der Waals surface area contributed by atoms with E-state index in [1.54, 1.807) is 31.4 Å². The third kappa shape index (κ3) is 4.99. The van der Waals surface area contributed by atoms with Crippen molar-refractivity contribution >= 4 is 28.8 Å². The maximum atomic E-state index is 12.4. The lowest BCUT2D eigenvalue weighted by molar-refractivity contribution is 0.0939. The number of benzene rings is 2. The molecule has 0 aliphatic heterocycles. The molecule has 7 nitrogen and oxygen atoms in total. The smallest absolute Gasteiger partial charge is 0.286 e. The second kappa shape index (κ2) is 9.20. The first-order valence-electron chi connectivity index (χ1n) is 8.65. The molecule has 1 atom stereocenters. The molecule has 8 heteroatoms. The number of methoxy groups -OCH3 is 1. The minimum Gasteiger partial charge on any atom is -0.377 e. The molecule has 0 unspecified atom stereocenters. The lowest BCUT2D eigenvalue weighted by atomic mass is 10.1. The van der Waals surface area contributed by atoms with Crippen molar-refractivity contribution in [3.63, 3.8) is 0 Å². The van der Waals surface area contributed by atoms with Crippen LogP contribution in [0.5, 0.6) is 0 Å². The minimum absolute atomic E-state index is 0.105. The average molecular weight is 396 g/mol. The first-order valence-corrected chi connectivity index (χ1v) is 9.47. The molecule has 3 aromatic rings. The number of aromatic nitrogens is 2. The van der Waals surface area contributed by atoms with Crippen molar-refractivity contribution in [3.8, 4) is 0 Å². The van der Waals surface area contributed by atoms with Gasteiger partial charge in [-0.25, -0.2) is 0 Å². The summed E-state index contributed by atoms with van der Waals surface area (Å²) in [4.78, 5) is 24.7. The highest BCUT2D eigenvalue weighted by Crippen LogP contribution is 2.16. The van der Waals surface area contributed by atoms with Gasteiger partial charge in [-0.2, -0.15) is 0 Å². The van der Waals surface area contributed by atoms with E-state index in [0.717, 1.165) is 5.56 Å². The number of carbonyl (C=O) groups excluding carboxylic acids is 2. The highest BCUT2D eigenvalue weighted by Gasteiger charge is 2.14. The lowest BCUT2D eigenvalue weighted by Gasteiger charge is -2.14. The molecule has 0 saturated carbocycles. The first-order chi connectivity index (χ1) is 13.6. The topological polar surface area (TPSA) is 93.2 Å². The fourth-order valence-corrected chi connectivity index (χ4v) is 3.23. The van der Waals surface area contributed by atoms with E-state index in [0.29, 0.717) is 22.9 Å². The lowest BCUT2D eigenvalue weighted by Crippen LogP contribution is -2.26. The Morgan fingerprint density at radius 3 is 2.43 bits per heavy atom. The number of rotatable bonds is 7. The summed E-state index contributed by atoms with van der Waals surface area (Å²) in [7, 11) is 1.56. The van der Waals surface area contributed by atoms with E-state index < -0.39 is 0 Å². The molecule has 0 bridgehead atoms. The van der Waals surface area contributed by atoms with E-state index in [1.807, 2.05) is 37.3 Å². The molecule has 2 aromatic carbocycles. The summed E-state index contributed by atoms with van der Waals surface area (Å²) in [5.74, 6) is -0.530. The van der Waals surface area contributed by atoms with Gasteiger partial charge in [0.25, 0.3) is 11.8 Å². The van der Waals surface area contributed by atoms with Gasteiger partial charge in [0.05, 0.1) is 12.6 Å². The Morgan fingerprint density at radius 1 is 1.04 bits per heavy atom. The number of nitrogens with one attached hydrogen (secondary N) is 2. The van der Waals surface area contributed by atoms with Crippen LogP contribution >= 0.6 is 11.3 Å². The van der Waals surface area contributed by atoms with Crippen LogP contribution in [0.15, 0.2) is 54.6 Å². The van der Waals surface area contributed by atoms with Gasteiger partial charge in [-0.1, -0.05) is 41.7 Å². The van der Waals surface area contributed by atoms with Crippen LogP contribution < -0.4 is 10.6 Å². The van der Waals surface area contributed by atoms with E-state index in [9.17, 15) is 9.59 Å². The maximum Gasteiger partial charge on any atom is 0.286 e. The zero-order chi connectivity index (χ0) is 19.9. The molecule has 144 valence electrons. The summed E-state index contributed by atoms with van der Waals surface area (Å²) in [5.41, 5.74) is 2.12. The molecule has 1 aromatic heterocycles. The van der Waals surface area contributed by atoms with E-state index in [4.69, 9.17) is 4.74 Å². The number of ether oxygens (including phenoxy) is 1. The number of amides is 2. The Hall–Kier alpha value is -3.10. The molecule has 1 heterocycles. The van der Waals surface area contributed by atoms with Crippen LogP contribution in [0.3, 0.4) is 0 Å². The highest BCUT2D eigenvalue weighted by atomic mass is 32.1. The summed E-state index contributed by atoms with van der Waals surface area (Å²) < 4.78 is 4.97. The van der Waals surface area contributed by atoms with E-state index in [-0.39, 0.29) is 22.9 Å². The largest absolute Gasteiger partial charge is 0.377 e. The standard InChI is InChI=1S/C20H20N4O3S/c1-13(14-6-4-3-5-7-14)21-18(25)15-8-10-16(11-9-15)22-19(26)20-24-23-17(28-20)12-27-2/h3-11,13H,12H2,1-2H3,(H,21,25)(H,22,26)/t13-/m1/s1. The Morgan fingerprint density at radius 2 is 1.75 bits per heavy atom. The van der Waals surface area contributed by atoms with Gasteiger partial charge in [-0.15, -0.1) is 10.2 Å². The van der Waals surface area contributed by atoms with Gasteiger partial charge in [0, 0.05) is 18.4 Å². The number of carbonyl (C=O) groups is 2. The molecule has 0 aliphatic rings. The number of hydrogen-bond donors (Lipinski definition) is 2. The van der Waals surface area contributed by atoms with Gasteiger partial charge in [0.2, 0.25) is 5.01 Å². The number of hydrogen-bond acceptors (Lipinski definition) is 6. The Labute approximate surface area is 166 Å². The summed E-state index contributed by atoms with van der Waals surface area (Å²) >= 11 is 1.17. The van der Waals surface area contributed by atoms with Crippen molar-refractivity contribution in [2.75, 3.05) is 12.4 Å². The third-order valence-corrected chi connectivity index (χ3v) is 4.88. The van der Waals surface area contributed by atoms with Crippen molar-refractivity contribution in [1.29, 1.82) is 0 Å². The Bertz CT molecular complexity index is 942. The monoisotopic (exact) mass is 396 g/mol. The summed E-state index contributed by atoms with van der Waals surface area (Å²) in [6.07, 6.45) is 0. The second-order valence-corrected chi connectivity index (χ2v) is 7.13. The molecule has 0 saturated heterocycles. The highest BCUT2D eigenvalue weighted by molar-refractivity contribution is 7.13. The van der Waals surface area contributed by atoms with Gasteiger partial charge in [-0.05, 0) is 36.8 Å². The van der Waals surface area contributed by atoms with E-state index in [2.05, 4.69) is 20.8 Å². The molecule has 28 heavy (non-hydrogen) atoms. The van der Waals surface area contributed by atoms with Crippen LogP contribution in [0.4, 0.5) is 5.69 Å². The van der Waals surface area contributed by atoms with Crippen molar-refractivity contribution in [1.82, 2.24) is 15.5 Å². The minimum atomic E-state index is -0.352. The summed E-state index contributed by atoms with van der Waals surface area (Å²) in [6.45, 7) is 2.25. The number of nitrogens with zero attached hydrogens (tertiary/aromatic N) is 2. The molecule has 0 spiro atoms. The fraction of sp³-hybridized carbons (Fsp3) is 0.200. The van der Waals surface area contributed by atoms with Crippen LogP contribution in [0.2, 0.25) is 0 Å². The van der Waals surface area contributed by atoms with Crippen LogP contribution in [0.1, 0.15) is 43.7 Å². The molecule has 2 amide bonds. The Kier molecular flexibility index (Phi) is 6.46. The van der Waals surface area contributed by atoms with E-state index >= 15 is 0 Å². The van der Waals surface area contributed by atoms with Crippen LogP contribution in [0.25, 0.3) is 0 Å². The quantitative estimate of drug-likeness (QED) is 0.638. The van der Waals surface area contributed by atoms with Crippen molar-refractivity contribution < 1.29 is 14.3 Å². The molecule has 0 radical (unpaired) electrons. The van der Waals surface area contributed by atoms with Gasteiger partial charge < -0.3 is 15.4 Å². The van der Waals surface area contributed by atoms with Gasteiger partial charge >= 0.3 is 0 Å². The van der Waals surface area contributed by atoms with Crippen molar-refractivity contribution in [2.24, 2.45) is 0 Å². The zero-order valence-corrected chi connectivity index (χ0v) is 16.3. The van der Waals surface area contributed by atoms with Crippen molar-refractivity contribution in [2.45, 2.75) is 19.6 Å². The normalized spacial score (nSPS) is 11.6. The van der Waals surface area contributed by atoms with Gasteiger partial charge in [0.1, 0.15) is 5.01 Å². The zero-order valence-electron chi connectivity index (χ0n) is 15.5. The first kappa shape index (κ1) is 19.7. The fourth-order valence-electron chi connectivity index (χ4n) is 2.52. The molecule has 3 rings (SSSR count). The predicted octanol–water partition coefficient (Wildman–Crippen LogP) is 3.43. The van der Waals surface area contributed by atoms with Gasteiger partial charge in [-0.3, -0.25) is 9.59 Å². The summed E-state index contributed by atoms with van der Waals surface area (Å²) in [6, 6.07) is 16.3. The molecule has 0 aliphatic carbocycles. The average Bonchev–Trinajstić information content (AvgIpc) is 3.18. The third-order valence-electron chi connectivity index (χ3n) is 3.98. The Balaban J connectivity index is 1.59. The number of anilines is 1. The second-order valence-electron chi connectivity index (χ2n) is 6.07. The molecular formula is C20H20N4O3S. The van der Waals surface area contributed by atoms with Crippen molar-refractivity contribution in [3.05, 3.63) is 75.7 Å². The van der Waals surface area contributed by atoms with Gasteiger partial charge in [0.15, 0.2) is 0 Å². The molecule has 0 fully saturated rings. The molecular weight excluding hydrogens is 376 g/mol. The maximum absolute atomic E-state index is 12.4. The van der Waals surface area contributed by atoms with Crippen LogP contribution in [0, 0.1) is 0 Å². The predicted molar refractivity (Wildman–Crippen MR) is 107 cm³/mol.